The highest BCUT2D eigenvalue weighted by Gasteiger charge is 2.04. The van der Waals surface area contributed by atoms with Crippen LogP contribution < -0.4 is 0 Å². The van der Waals surface area contributed by atoms with Gasteiger partial charge in [0.2, 0.25) is 0 Å². The second-order valence-electron chi connectivity index (χ2n) is 3.40. The Hall–Kier alpha value is -0.110. The van der Waals surface area contributed by atoms with E-state index in [4.69, 9.17) is 0 Å². The normalized spacial score (nSPS) is 14.7. The lowest BCUT2D eigenvalue weighted by Gasteiger charge is -2.18. The maximum absolute atomic E-state index is 12.4. The fourth-order valence-electron chi connectivity index (χ4n) is 1.13. The molecule has 2 heteroatoms. The van der Waals surface area contributed by atoms with Crippen LogP contribution in [-0.4, -0.2) is 31.2 Å². The molecule has 0 aliphatic carbocycles. The first-order chi connectivity index (χ1) is 4.52. The van der Waals surface area contributed by atoms with Gasteiger partial charge in [0.25, 0.3) is 0 Å². The summed E-state index contributed by atoms with van der Waals surface area (Å²) >= 11 is 0. The van der Waals surface area contributed by atoms with Gasteiger partial charge >= 0.3 is 0 Å². The van der Waals surface area contributed by atoms with Crippen LogP contribution in [0.4, 0.5) is 4.39 Å². The molecule has 0 aliphatic rings. The van der Waals surface area contributed by atoms with Gasteiger partial charge < -0.3 is 4.90 Å². The third-order valence-electron chi connectivity index (χ3n) is 1.24. The van der Waals surface area contributed by atoms with Crippen molar-refractivity contribution in [3.05, 3.63) is 0 Å². The molecule has 0 unspecified atom stereocenters. The average molecular weight is 147 g/mol. The molecule has 0 fully saturated rings. The molecular formula is C8H18FN. The van der Waals surface area contributed by atoms with Crippen LogP contribution in [0, 0.1) is 5.92 Å². The van der Waals surface area contributed by atoms with Crippen molar-refractivity contribution >= 4 is 0 Å². The molecule has 1 atom stereocenters. The summed E-state index contributed by atoms with van der Waals surface area (Å²) in [5.41, 5.74) is 0. The summed E-state index contributed by atoms with van der Waals surface area (Å²) in [5, 5.41) is 0. The first-order valence-electron chi connectivity index (χ1n) is 3.85. The molecule has 0 saturated carbocycles. The molecule has 62 valence electrons. The molecule has 0 aromatic carbocycles. The second-order valence-corrected chi connectivity index (χ2v) is 3.40. The SMILES string of the molecule is CC(C)CN(C)C[C@@H](C)F. The molecule has 10 heavy (non-hydrogen) atoms. The van der Waals surface area contributed by atoms with E-state index < -0.39 is 6.17 Å². The van der Waals surface area contributed by atoms with Crippen molar-refractivity contribution in [2.75, 3.05) is 20.1 Å². The second kappa shape index (κ2) is 4.67. The van der Waals surface area contributed by atoms with E-state index in [2.05, 4.69) is 13.8 Å². The molecule has 1 nitrogen and oxygen atoms in total. The van der Waals surface area contributed by atoms with E-state index >= 15 is 0 Å². The Morgan fingerprint density at radius 1 is 1.20 bits per heavy atom. The van der Waals surface area contributed by atoms with Gasteiger partial charge in [-0.1, -0.05) is 13.8 Å². The summed E-state index contributed by atoms with van der Waals surface area (Å²) in [4.78, 5) is 2.02. The minimum atomic E-state index is -0.705. The van der Waals surface area contributed by atoms with Crippen LogP contribution in [-0.2, 0) is 0 Å². The van der Waals surface area contributed by atoms with Crippen molar-refractivity contribution in [3.63, 3.8) is 0 Å². The maximum Gasteiger partial charge on any atom is 0.110 e. The minimum Gasteiger partial charge on any atom is -0.303 e. The van der Waals surface area contributed by atoms with Crippen LogP contribution >= 0.6 is 0 Å². The number of rotatable bonds is 4. The highest BCUT2D eigenvalue weighted by atomic mass is 19.1. The summed E-state index contributed by atoms with van der Waals surface area (Å²) in [5.74, 6) is 0.628. The van der Waals surface area contributed by atoms with Crippen LogP contribution in [0.1, 0.15) is 20.8 Å². The lowest BCUT2D eigenvalue weighted by Crippen LogP contribution is -2.28. The molecule has 0 aliphatic heterocycles. The molecular weight excluding hydrogens is 129 g/mol. The molecule has 0 amide bonds. The Balaban J connectivity index is 3.34. The molecule has 0 rings (SSSR count). The molecule has 0 aromatic rings. The van der Waals surface area contributed by atoms with Crippen molar-refractivity contribution in [2.24, 2.45) is 5.92 Å². The summed E-state index contributed by atoms with van der Waals surface area (Å²) < 4.78 is 12.4. The van der Waals surface area contributed by atoms with Crippen LogP contribution in [0.5, 0.6) is 0 Å². The Labute approximate surface area is 63.2 Å². The lowest BCUT2D eigenvalue weighted by atomic mass is 10.2. The van der Waals surface area contributed by atoms with Crippen LogP contribution in [0.25, 0.3) is 0 Å². The molecule has 0 heterocycles. The van der Waals surface area contributed by atoms with E-state index in [0.29, 0.717) is 12.5 Å². The van der Waals surface area contributed by atoms with Crippen LogP contribution in [0.2, 0.25) is 0 Å². The smallest absolute Gasteiger partial charge is 0.110 e. The van der Waals surface area contributed by atoms with Crippen LogP contribution in [0.3, 0.4) is 0 Å². The van der Waals surface area contributed by atoms with Gasteiger partial charge in [-0.05, 0) is 19.9 Å². The van der Waals surface area contributed by atoms with E-state index in [-0.39, 0.29) is 0 Å². The van der Waals surface area contributed by atoms with E-state index in [1.165, 1.54) is 0 Å². The highest BCUT2D eigenvalue weighted by Crippen LogP contribution is 1.98. The van der Waals surface area contributed by atoms with Gasteiger partial charge in [0.05, 0.1) is 0 Å². The van der Waals surface area contributed by atoms with E-state index in [1.54, 1.807) is 6.92 Å². The number of nitrogens with zero attached hydrogens (tertiary/aromatic N) is 1. The summed E-state index contributed by atoms with van der Waals surface area (Å²) in [7, 11) is 1.95. The zero-order valence-corrected chi connectivity index (χ0v) is 7.39. The van der Waals surface area contributed by atoms with Gasteiger partial charge in [-0.15, -0.1) is 0 Å². The third kappa shape index (κ3) is 6.02. The van der Waals surface area contributed by atoms with Gasteiger partial charge in [-0.3, -0.25) is 0 Å². The predicted molar refractivity (Wildman–Crippen MR) is 42.9 cm³/mol. The predicted octanol–water partition coefficient (Wildman–Crippen LogP) is 1.93. The average Bonchev–Trinajstić information content (AvgIpc) is 1.58. The molecule has 0 spiro atoms. The zero-order chi connectivity index (χ0) is 8.15. The van der Waals surface area contributed by atoms with Crippen molar-refractivity contribution in [3.8, 4) is 0 Å². The van der Waals surface area contributed by atoms with Crippen molar-refractivity contribution in [2.45, 2.75) is 26.9 Å². The fraction of sp³-hybridized carbons (Fsp3) is 1.00. The van der Waals surface area contributed by atoms with Gasteiger partial charge in [-0.2, -0.15) is 0 Å². The van der Waals surface area contributed by atoms with Gasteiger partial charge in [0.15, 0.2) is 0 Å². The highest BCUT2D eigenvalue weighted by molar-refractivity contribution is 4.57. The largest absolute Gasteiger partial charge is 0.303 e. The Bertz CT molecular complexity index is 71.3. The summed E-state index contributed by atoms with van der Waals surface area (Å²) in [6.45, 7) is 7.40. The van der Waals surface area contributed by atoms with Gasteiger partial charge in [0, 0.05) is 13.1 Å². The molecule has 0 saturated heterocycles. The first-order valence-corrected chi connectivity index (χ1v) is 3.85. The Kier molecular flexibility index (Phi) is 4.62. The Morgan fingerprint density at radius 3 is 2.00 bits per heavy atom. The van der Waals surface area contributed by atoms with Crippen molar-refractivity contribution in [1.29, 1.82) is 0 Å². The maximum atomic E-state index is 12.4. The Morgan fingerprint density at radius 2 is 1.70 bits per heavy atom. The van der Waals surface area contributed by atoms with Crippen molar-refractivity contribution < 1.29 is 4.39 Å². The van der Waals surface area contributed by atoms with E-state index in [9.17, 15) is 4.39 Å². The molecule has 0 N–H and O–H groups in total. The quantitative estimate of drug-likeness (QED) is 0.587. The fourth-order valence-corrected chi connectivity index (χ4v) is 1.13. The number of alkyl halides is 1. The molecule has 0 aromatic heterocycles. The summed E-state index contributed by atoms with van der Waals surface area (Å²) in [6.07, 6.45) is -0.705. The molecule has 0 radical (unpaired) electrons. The zero-order valence-electron chi connectivity index (χ0n) is 7.39. The van der Waals surface area contributed by atoms with E-state index in [0.717, 1.165) is 6.54 Å². The van der Waals surface area contributed by atoms with Gasteiger partial charge in [-0.25, -0.2) is 4.39 Å². The topological polar surface area (TPSA) is 3.24 Å². The van der Waals surface area contributed by atoms with Crippen molar-refractivity contribution in [1.82, 2.24) is 4.90 Å². The number of hydrogen-bond donors (Lipinski definition) is 0. The number of hydrogen-bond acceptors (Lipinski definition) is 1. The summed E-state index contributed by atoms with van der Waals surface area (Å²) in [6, 6.07) is 0. The minimum absolute atomic E-state index is 0.554. The van der Waals surface area contributed by atoms with Gasteiger partial charge in [0.1, 0.15) is 6.17 Å². The first kappa shape index (κ1) is 9.89. The standard InChI is InChI=1S/C8H18FN/c1-7(2)5-10(4)6-8(3)9/h7-8H,5-6H2,1-4H3/t8-/m1/s1. The van der Waals surface area contributed by atoms with E-state index in [1.807, 2.05) is 11.9 Å². The van der Waals surface area contributed by atoms with Crippen LogP contribution in [0.15, 0.2) is 0 Å². The lowest BCUT2D eigenvalue weighted by molar-refractivity contribution is 0.217. The number of halogens is 1. The monoisotopic (exact) mass is 147 g/mol. The molecule has 0 bridgehead atoms. The third-order valence-corrected chi connectivity index (χ3v) is 1.24.